The zero-order chi connectivity index (χ0) is 10.7. The smallest absolute Gasteiger partial charge is 0.308 e. The first-order chi connectivity index (χ1) is 6.41. The molecule has 3 nitrogen and oxygen atoms in total. The van der Waals surface area contributed by atoms with E-state index >= 15 is 0 Å². The molecular weight excluding hydrogens is 199 g/mol. The Balaban J connectivity index is 2.26. The Hall–Kier alpha value is 0.150. The number of hydrogen-bond acceptors (Lipinski definition) is 3. The molecule has 0 saturated carbocycles. The third-order valence-electron chi connectivity index (χ3n) is 2.22. The molecule has 1 heterocycles. The van der Waals surface area contributed by atoms with Gasteiger partial charge in [0.1, 0.15) is 0 Å². The highest BCUT2D eigenvalue weighted by Crippen LogP contribution is 2.51. The van der Waals surface area contributed by atoms with Crippen LogP contribution in [0.15, 0.2) is 0 Å². The van der Waals surface area contributed by atoms with Gasteiger partial charge in [0.2, 0.25) is 0 Å². The summed E-state index contributed by atoms with van der Waals surface area (Å²) in [6.07, 6.45) is 3.41. The summed E-state index contributed by atoms with van der Waals surface area (Å²) in [5.41, 5.74) is 0.301. The Morgan fingerprint density at radius 3 is 2.29 bits per heavy atom. The van der Waals surface area contributed by atoms with Gasteiger partial charge in [-0.2, -0.15) is 0 Å². The topological polar surface area (TPSA) is 35.5 Å². The minimum Gasteiger partial charge on any atom is -0.308 e. The third-order valence-corrected chi connectivity index (χ3v) is 4.24. The van der Waals surface area contributed by atoms with Crippen molar-refractivity contribution in [3.8, 4) is 0 Å². The quantitative estimate of drug-likeness (QED) is 0.683. The maximum Gasteiger partial charge on any atom is 0.330 e. The summed E-state index contributed by atoms with van der Waals surface area (Å²) in [5, 5.41) is 0. The summed E-state index contributed by atoms with van der Waals surface area (Å²) in [6, 6.07) is 0. The molecular formula is C10H21O3P. The van der Waals surface area contributed by atoms with Gasteiger partial charge in [0, 0.05) is 0 Å². The third kappa shape index (κ3) is 4.59. The molecule has 0 amide bonds. The minimum absolute atomic E-state index is 0.301. The van der Waals surface area contributed by atoms with Crippen molar-refractivity contribution in [3.05, 3.63) is 0 Å². The van der Waals surface area contributed by atoms with E-state index in [4.69, 9.17) is 9.05 Å². The lowest BCUT2D eigenvalue weighted by Gasteiger charge is -2.24. The van der Waals surface area contributed by atoms with Crippen LogP contribution in [0.25, 0.3) is 0 Å². The van der Waals surface area contributed by atoms with Gasteiger partial charge >= 0.3 is 7.60 Å². The summed E-state index contributed by atoms with van der Waals surface area (Å²) < 4.78 is 22.3. The van der Waals surface area contributed by atoms with Crippen LogP contribution in [0.3, 0.4) is 0 Å². The van der Waals surface area contributed by atoms with Crippen LogP contribution in [-0.4, -0.2) is 19.4 Å². The zero-order valence-electron chi connectivity index (χ0n) is 9.41. The summed E-state index contributed by atoms with van der Waals surface area (Å²) in [5.74, 6) is 0. The molecule has 0 N–H and O–H groups in total. The van der Waals surface area contributed by atoms with Crippen molar-refractivity contribution in [1.82, 2.24) is 0 Å². The van der Waals surface area contributed by atoms with E-state index in [1.807, 2.05) is 0 Å². The molecule has 0 atom stereocenters. The van der Waals surface area contributed by atoms with Crippen molar-refractivity contribution < 1.29 is 13.6 Å². The molecule has 14 heavy (non-hydrogen) atoms. The molecule has 1 fully saturated rings. The van der Waals surface area contributed by atoms with Crippen molar-refractivity contribution in [2.75, 3.05) is 19.4 Å². The maximum atomic E-state index is 11.9. The van der Waals surface area contributed by atoms with E-state index in [9.17, 15) is 4.57 Å². The van der Waals surface area contributed by atoms with Gasteiger partial charge in [-0.3, -0.25) is 4.57 Å². The lowest BCUT2D eigenvalue weighted by molar-refractivity contribution is 0.145. The molecule has 0 spiro atoms. The highest BCUT2D eigenvalue weighted by molar-refractivity contribution is 7.53. The van der Waals surface area contributed by atoms with E-state index in [1.54, 1.807) is 0 Å². The molecule has 0 radical (unpaired) electrons. The molecule has 0 aromatic heterocycles. The Bertz CT molecular complexity index is 210. The van der Waals surface area contributed by atoms with Crippen molar-refractivity contribution in [1.29, 1.82) is 0 Å². The first kappa shape index (κ1) is 12.2. The average Bonchev–Trinajstić information content (AvgIpc) is 2.02. The van der Waals surface area contributed by atoms with Gasteiger partial charge in [0.15, 0.2) is 0 Å². The molecule has 0 bridgehead atoms. The van der Waals surface area contributed by atoms with Crippen LogP contribution < -0.4 is 0 Å². The van der Waals surface area contributed by atoms with Crippen LogP contribution in [0.2, 0.25) is 0 Å². The van der Waals surface area contributed by atoms with Gasteiger partial charge in [-0.15, -0.1) is 0 Å². The molecule has 1 saturated heterocycles. The predicted molar refractivity (Wildman–Crippen MR) is 57.7 cm³/mol. The fourth-order valence-corrected chi connectivity index (χ4v) is 3.13. The van der Waals surface area contributed by atoms with Gasteiger partial charge in [-0.1, -0.05) is 20.8 Å². The minimum atomic E-state index is -2.70. The molecule has 1 aliphatic heterocycles. The van der Waals surface area contributed by atoms with Crippen LogP contribution in [0.1, 0.15) is 40.0 Å². The van der Waals surface area contributed by atoms with E-state index in [0.717, 1.165) is 19.3 Å². The number of rotatable bonds is 3. The second kappa shape index (κ2) is 4.78. The Morgan fingerprint density at radius 1 is 1.21 bits per heavy atom. The zero-order valence-corrected chi connectivity index (χ0v) is 10.3. The van der Waals surface area contributed by atoms with E-state index in [1.165, 1.54) is 0 Å². The molecule has 0 aromatic carbocycles. The highest BCUT2D eigenvalue weighted by atomic mass is 31.2. The lowest BCUT2D eigenvalue weighted by atomic mass is 9.91. The molecule has 1 aliphatic rings. The number of hydrogen-bond donors (Lipinski definition) is 0. The van der Waals surface area contributed by atoms with Crippen LogP contribution in [0, 0.1) is 5.41 Å². The van der Waals surface area contributed by atoms with Crippen molar-refractivity contribution in [3.63, 3.8) is 0 Å². The molecule has 0 aromatic rings. The van der Waals surface area contributed by atoms with Gasteiger partial charge in [-0.05, 0) is 24.7 Å². The normalized spacial score (nSPS) is 22.2. The molecule has 0 unspecified atom stereocenters. The van der Waals surface area contributed by atoms with E-state index in [2.05, 4.69) is 20.8 Å². The SMILES string of the molecule is CC(C)(C)CCCP1(=O)OCCCO1. The second-order valence-electron chi connectivity index (χ2n) is 5.02. The van der Waals surface area contributed by atoms with Crippen molar-refractivity contribution in [2.45, 2.75) is 40.0 Å². The fraction of sp³-hybridized carbons (Fsp3) is 1.00. The predicted octanol–water partition coefficient (Wildman–Crippen LogP) is 3.44. The maximum absolute atomic E-state index is 11.9. The summed E-state index contributed by atoms with van der Waals surface area (Å²) in [4.78, 5) is 0. The van der Waals surface area contributed by atoms with Crippen molar-refractivity contribution >= 4 is 7.60 Å². The first-order valence-electron chi connectivity index (χ1n) is 5.29. The standard InChI is InChI=1S/C10H21O3P/c1-10(2,3)6-4-9-14(11)12-7-5-8-13-14/h4-9H2,1-3H3. The van der Waals surface area contributed by atoms with E-state index < -0.39 is 7.60 Å². The second-order valence-corrected chi connectivity index (χ2v) is 7.20. The monoisotopic (exact) mass is 220 g/mol. The van der Waals surface area contributed by atoms with Gasteiger partial charge in [-0.25, -0.2) is 0 Å². The van der Waals surface area contributed by atoms with Gasteiger partial charge in [0.05, 0.1) is 19.4 Å². The van der Waals surface area contributed by atoms with Crippen LogP contribution in [0.4, 0.5) is 0 Å². The van der Waals surface area contributed by atoms with E-state index in [0.29, 0.717) is 24.8 Å². The van der Waals surface area contributed by atoms with Crippen molar-refractivity contribution in [2.24, 2.45) is 5.41 Å². The first-order valence-corrected chi connectivity index (χ1v) is 7.02. The van der Waals surface area contributed by atoms with Gasteiger partial charge in [0.25, 0.3) is 0 Å². The Kier molecular flexibility index (Phi) is 4.17. The molecule has 4 heteroatoms. The average molecular weight is 220 g/mol. The Morgan fingerprint density at radius 2 is 1.79 bits per heavy atom. The summed E-state index contributed by atoms with van der Waals surface area (Å²) >= 11 is 0. The van der Waals surface area contributed by atoms with E-state index in [-0.39, 0.29) is 0 Å². The van der Waals surface area contributed by atoms with Crippen LogP contribution >= 0.6 is 7.60 Å². The fourth-order valence-electron chi connectivity index (χ4n) is 1.44. The molecule has 84 valence electrons. The highest BCUT2D eigenvalue weighted by Gasteiger charge is 2.27. The largest absolute Gasteiger partial charge is 0.330 e. The molecule has 1 rings (SSSR count). The molecule has 0 aliphatic carbocycles. The lowest BCUT2D eigenvalue weighted by Crippen LogP contribution is -2.12. The Labute approximate surface area is 86.7 Å². The van der Waals surface area contributed by atoms with Crippen LogP contribution in [0.5, 0.6) is 0 Å². The summed E-state index contributed by atoms with van der Waals surface area (Å²) in [6.45, 7) is 7.74. The summed E-state index contributed by atoms with van der Waals surface area (Å²) in [7, 11) is -2.70. The van der Waals surface area contributed by atoms with Crippen LogP contribution in [-0.2, 0) is 13.6 Å². The van der Waals surface area contributed by atoms with Gasteiger partial charge < -0.3 is 9.05 Å².